The molecule has 6 rings (SSSR count). The van der Waals surface area contributed by atoms with E-state index in [4.69, 9.17) is 4.98 Å². The lowest BCUT2D eigenvalue weighted by Gasteiger charge is -2.42. The average molecular weight is 526 g/mol. The minimum atomic E-state index is 0.233. The molecule has 0 radical (unpaired) electrons. The monoisotopic (exact) mass is 525 g/mol. The molecule has 0 spiro atoms. The summed E-state index contributed by atoms with van der Waals surface area (Å²) in [5.41, 5.74) is 5.29. The van der Waals surface area contributed by atoms with E-state index in [0.717, 1.165) is 66.7 Å². The van der Waals surface area contributed by atoms with E-state index in [0.29, 0.717) is 12.0 Å². The molecule has 39 heavy (non-hydrogen) atoms. The van der Waals surface area contributed by atoms with Crippen molar-refractivity contribution in [3.05, 3.63) is 54.5 Å². The molecule has 2 N–H and O–H groups in total. The number of benzene rings is 1. The first kappa shape index (κ1) is 25.7. The molecule has 1 aromatic carbocycles. The van der Waals surface area contributed by atoms with Crippen LogP contribution in [0.3, 0.4) is 0 Å². The molecule has 1 saturated carbocycles. The average Bonchev–Trinajstić information content (AvgIpc) is 3.29. The maximum Gasteiger partial charge on any atom is 0.206 e. The SMILES string of the molecule is CN(c1cc(-c2ccc3nc(Nc4cc(CN5CCN(C(C)(C)C)CC5)ccn4)[nH]c3c2)ncn1)C1CCC1. The maximum atomic E-state index is 4.74. The number of nitrogens with zero attached hydrogens (tertiary/aromatic N) is 7. The minimum absolute atomic E-state index is 0.233. The van der Waals surface area contributed by atoms with Crippen molar-refractivity contribution in [3.63, 3.8) is 0 Å². The Morgan fingerprint density at radius 2 is 1.82 bits per heavy atom. The first-order valence-electron chi connectivity index (χ1n) is 14.1. The van der Waals surface area contributed by atoms with E-state index in [1.54, 1.807) is 6.33 Å². The van der Waals surface area contributed by atoms with Gasteiger partial charge in [0.2, 0.25) is 5.95 Å². The normalized spacial score (nSPS) is 17.3. The molecular weight excluding hydrogens is 486 g/mol. The number of imidazole rings is 1. The van der Waals surface area contributed by atoms with Gasteiger partial charge in [-0.2, -0.15) is 0 Å². The topological polar surface area (TPSA) is 89.1 Å². The number of piperazine rings is 1. The summed E-state index contributed by atoms with van der Waals surface area (Å²) in [6.45, 7) is 12.2. The highest BCUT2D eigenvalue weighted by Gasteiger charge is 2.26. The predicted molar refractivity (Wildman–Crippen MR) is 157 cm³/mol. The Bertz CT molecular complexity index is 1430. The summed E-state index contributed by atoms with van der Waals surface area (Å²) < 4.78 is 0. The van der Waals surface area contributed by atoms with Crippen LogP contribution in [0.15, 0.2) is 48.9 Å². The molecule has 9 nitrogen and oxygen atoms in total. The largest absolute Gasteiger partial charge is 0.357 e. The number of anilines is 3. The van der Waals surface area contributed by atoms with Gasteiger partial charge in [-0.15, -0.1) is 0 Å². The van der Waals surface area contributed by atoms with Gasteiger partial charge in [-0.05, 0) is 69.9 Å². The Hall–Kier alpha value is -3.56. The van der Waals surface area contributed by atoms with Crippen molar-refractivity contribution in [2.45, 2.75) is 58.2 Å². The molecule has 0 amide bonds. The summed E-state index contributed by atoms with van der Waals surface area (Å²) in [4.78, 5) is 29.1. The van der Waals surface area contributed by atoms with Gasteiger partial charge in [-0.1, -0.05) is 6.07 Å². The second kappa shape index (κ2) is 10.5. The zero-order chi connectivity index (χ0) is 27.0. The van der Waals surface area contributed by atoms with E-state index in [1.165, 1.54) is 24.8 Å². The zero-order valence-electron chi connectivity index (χ0n) is 23.5. The van der Waals surface area contributed by atoms with E-state index >= 15 is 0 Å². The number of aromatic amines is 1. The van der Waals surface area contributed by atoms with Crippen LogP contribution in [0, 0.1) is 0 Å². The minimum Gasteiger partial charge on any atom is -0.357 e. The van der Waals surface area contributed by atoms with Gasteiger partial charge in [0.05, 0.1) is 16.7 Å². The quantitative estimate of drug-likeness (QED) is 0.346. The van der Waals surface area contributed by atoms with Crippen LogP contribution in [-0.4, -0.2) is 79.5 Å². The molecule has 1 aliphatic heterocycles. The summed E-state index contributed by atoms with van der Waals surface area (Å²) in [6, 6.07) is 13.1. The van der Waals surface area contributed by atoms with Crippen molar-refractivity contribution in [2.24, 2.45) is 0 Å². The third-order valence-corrected chi connectivity index (χ3v) is 8.21. The first-order chi connectivity index (χ1) is 18.8. The van der Waals surface area contributed by atoms with Gasteiger partial charge in [-0.25, -0.2) is 19.9 Å². The lowest BCUT2D eigenvalue weighted by molar-refractivity contribution is 0.0591. The molecule has 0 unspecified atom stereocenters. The molecule has 2 aliphatic rings. The van der Waals surface area contributed by atoms with Crippen molar-refractivity contribution in [1.29, 1.82) is 0 Å². The van der Waals surface area contributed by atoms with Crippen LogP contribution in [0.5, 0.6) is 0 Å². The number of pyridine rings is 1. The number of aromatic nitrogens is 5. The molecule has 3 aromatic heterocycles. The van der Waals surface area contributed by atoms with Crippen molar-refractivity contribution in [2.75, 3.05) is 43.4 Å². The molecule has 0 bridgehead atoms. The highest BCUT2D eigenvalue weighted by Crippen LogP contribution is 2.30. The second-order valence-electron chi connectivity index (χ2n) is 11.9. The van der Waals surface area contributed by atoms with E-state index in [9.17, 15) is 0 Å². The van der Waals surface area contributed by atoms with Gasteiger partial charge in [0, 0.05) is 69.2 Å². The highest BCUT2D eigenvalue weighted by molar-refractivity contribution is 5.83. The number of rotatable bonds is 7. The molecule has 4 aromatic rings. The van der Waals surface area contributed by atoms with Crippen LogP contribution in [0.1, 0.15) is 45.6 Å². The van der Waals surface area contributed by atoms with Crippen LogP contribution in [0.25, 0.3) is 22.3 Å². The second-order valence-corrected chi connectivity index (χ2v) is 11.9. The van der Waals surface area contributed by atoms with Gasteiger partial charge in [0.1, 0.15) is 18.0 Å². The van der Waals surface area contributed by atoms with E-state index in [1.807, 2.05) is 12.3 Å². The van der Waals surface area contributed by atoms with Crippen molar-refractivity contribution in [3.8, 4) is 11.3 Å². The van der Waals surface area contributed by atoms with Crippen LogP contribution in [0.4, 0.5) is 17.6 Å². The standard InChI is InChI=1S/C30H39N9/c1-30(2,3)39-14-12-38(13-15-39)19-21-10-11-31-27(16-21)36-29-34-24-9-8-22(17-26(24)35-29)25-18-28(33-20-32-25)37(4)23-6-5-7-23/h8-11,16-18,20,23H,5-7,12-15,19H2,1-4H3,(H2,31,34,35,36). The summed E-state index contributed by atoms with van der Waals surface area (Å²) >= 11 is 0. The van der Waals surface area contributed by atoms with Crippen LogP contribution in [0.2, 0.25) is 0 Å². The Labute approximate surface area is 230 Å². The number of H-pyrrole nitrogens is 1. The summed E-state index contributed by atoms with van der Waals surface area (Å²) in [6.07, 6.45) is 7.30. The molecule has 4 heterocycles. The maximum absolute atomic E-state index is 4.74. The van der Waals surface area contributed by atoms with E-state index in [-0.39, 0.29) is 5.54 Å². The van der Waals surface area contributed by atoms with E-state index in [2.05, 4.69) is 98.1 Å². The Morgan fingerprint density at radius 3 is 2.56 bits per heavy atom. The third-order valence-electron chi connectivity index (χ3n) is 8.21. The smallest absolute Gasteiger partial charge is 0.206 e. The Balaban J connectivity index is 1.13. The van der Waals surface area contributed by atoms with Crippen LogP contribution >= 0.6 is 0 Å². The molecule has 9 heteroatoms. The lowest BCUT2D eigenvalue weighted by Crippen LogP contribution is -2.53. The van der Waals surface area contributed by atoms with Gasteiger partial charge < -0.3 is 15.2 Å². The molecule has 0 atom stereocenters. The van der Waals surface area contributed by atoms with Crippen molar-refractivity contribution in [1.82, 2.24) is 34.7 Å². The summed E-state index contributed by atoms with van der Waals surface area (Å²) in [5.74, 6) is 2.44. The van der Waals surface area contributed by atoms with Gasteiger partial charge in [-0.3, -0.25) is 9.80 Å². The van der Waals surface area contributed by atoms with E-state index < -0.39 is 0 Å². The molecular formula is C30H39N9. The predicted octanol–water partition coefficient (Wildman–Crippen LogP) is 5.06. The number of hydrogen-bond donors (Lipinski definition) is 2. The number of fused-ring (bicyclic) bond motifs is 1. The van der Waals surface area contributed by atoms with Crippen molar-refractivity contribution >= 4 is 28.6 Å². The molecule has 1 aliphatic carbocycles. The Morgan fingerprint density at radius 1 is 1.00 bits per heavy atom. The fourth-order valence-electron chi connectivity index (χ4n) is 5.48. The van der Waals surface area contributed by atoms with Gasteiger partial charge in [0.25, 0.3) is 0 Å². The Kier molecular flexibility index (Phi) is 6.95. The van der Waals surface area contributed by atoms with Crippen LogP contribution in [-0.2, 0) is 6.54 Å². The number of nitrogens with one attached hydrogen (secondary N) is 2. The fraction of sp³-hybridized carbons (Fsp3) is 0.467. The molecule has 1 saturated heterocycles. The molecule has 204 valence electrons. The van der Waals surface area contributed by atoms with Gasteiger partial charge in [0.15, 0.2) is 0 Å². The van der Waals surface area contributed by atoms with Gasteiger partial charge >= 0.3 is 0 Å². The fourth-order valence-corrected chi connectivity index (χ4v) is 5.48. The summed E-state index contributed by atoms with van der Waals surface area (Å²) in [7, 11) is 2.13. The summed E-state index contributed by atoms with van der Waals surface area (Å²) in [5, 5.41) is 3.37. The highest BCUT2D eigenvalue weighted by atomic mass is 15.3. The van der Waals surface area contributed by atoms with Crippen molar-refractivity contribution < 1.29 is 0 Å². The van der Waals surface area contributed by atoms with Crippen LogP contribution < -0.4 is 10.2 Å². The first-order valence-corrected chi connectivity index (χ1v) is 14.1. The number of hydrogen-bond acceptors (Lipinski definition) is 8. The molecule has 2 fully saturated rings. The lowest BCUT2D eigenvalue weighted by atomic mass is 9.92. The third kappa shape index (κ3) is 5.74. The zero-order valence-corrected chi connectivity index (χ0v) is 23.5.